The number of rotatable bonds is 4. The van der Waals surface area contributed by atoms with Crippen LogP contribution in [0.3, 0.4) is 0 Å². The largest absolute Gasteiger partial charge is 0.351 e. The Hall–Kier alpha value is -2.57. The molecule has 138 valence electrons. The highest BCUT2D eigenvalue weighted by Gasteiger charge is 2.48. The molecule has 26 heavy (non-hydrogen) atoms. The predicted molar refractivity (Wildman–Crippen MR) is 95.2 cm³/mol. The maximum absolute atomic E-state index is 12.5. The standard InChI is InChI=1S/C19H24N4O3/c20-19(26)22-8-4-7-15(22)18(25)21-13-9-17(24)23(11-13)16-10-14(16)12-5-2-1-3-6-12/h1-3,5-6,13-16H,4,7-11H2,(H2,20,26)(H,21,25)/t13?,14?,15-,16?/m0/s1. The highest BCUT2D eigenvalue weighted by atomic mass is 16.2. The number of carbonyl (C=O) groups excluding carboxylic acids is 3. The summed E-state index contributed by atoms with van der Waals surface area (Å²) in [4.78, 5) is 39.7. The number of hydrogen-bond acceptors (Lipinski definition) is 3. The summed E-state index contributed by atoms with van der Waals surface area (Å²) < 4.78 is 0. The highest BCUT2D eigenvalue weighted by molar-refractivity contribution is 5.88. The first-order chi connectivity index (χ1) is 12.5. The SMILES string of the molecule is NC(=O)N1CCC[C@H]1C(=O)NC1CC(=O)N(C2CC2c2ccccc2)C1. The van der Waals surface area contributed by atoms with Crippen molar-refractivity contribution in [2.45, 2.75) is 49.7 Å². The number of nitrogens with two attached hydrogens (primary N) is 1. The number of primary amides is 1. The van der Waals surface area contributed by atoms with E-state index in [9.17, 15) is 14.4 Å². The van der Waals surface area contributed by atoms with Crippen LogP contribution in [0.4, 0.5) is 4.79 Å². The minimum atomic E-state index is -0.560. The Kier molecular flexibility index (Phi) is 4.30. The number of likely N-dealkylation sites (tertiary alicyclic amines) is 2. The molecule has 1 aromatic rings. The number of hydrogen-bond donors (Lipinski definition) is 2. The van der Waals surface area contributed by atoms with Gasteiger partial charge in [0.2, 0.25) is 11.8 Å². The Balaban J connectivity index is 1.34. The lowest BCUT2D eigenvalue weighted by molar-refractivity contribution is -0.128. The first-order valence-electron chi connectivity index (χ1n) is 9.25. The number of urea groups is 1. The van der Waals surface area contributed by atoms with E-state index in [1.165, 1.54) is 10.5 Å². The topological polar surface area (TPSA) is 95.7 Å². The molecular formula is C19H24N4O3. The maximum Gasteiger partial charge on any atom is 0.315 e. The molecule has 3 aliphatic rings. The lowest BCUT2D eigenvalue weighted by Crippen LogP contribution is -2.50. The molecule has 0 bridgehead atoms. The van der Waals surface area contributed by atoms with Gasteiger partial charge >= 0.3 is 6.03 Å². The van der Waals surface area contributed by atoms with Crippen LogP contribution in [0.1, 0.15) is 37.2 Å². The summed E-state index contributed by atoms with van der Waals surface area (Å²) in [5.41, 5.74) is 6.61. The van der Waals surface area contributed by atoms with Gasteiger partial charge < -0.3 is 20.9 Å². The van der Waals surface area contributed by atoms with Gasteiger partial charge in [0.1, 0.15) is 6.04 Å². The van der Waals surface area contributed by atoms with Crippen molar-refractivity contribution in [3.8, 4) is 0 Å². The van der Waals surface area contributed by atoms with E-state index < -0.39 is 12.1 Å². The summed E-state index contributed by atoms with van der Waals surface area (Å²) in [6, 6.07) is 9.21. The van der Waals surface area contributed by atoms with Crippen molar-refractivity contribution in [1.29, 1.82) is 0 Å². The molecule has 2 saturated heterocycles. The van der Waals surface area contributed by atoms with E-state index in [2.05, 4.69) is 17.4 Å². The Morgan fingerprint density at radius 2 is 1.96 bits per heavy atom. The molecule has 3 unspecified atom stereocenters. The second-order valence-electron chi connectivity index (χ2n) is 7.47. The molecule has 4 atom stereocenters. The van der Waals surface area contributed by atoms with Crippen LogP contribution in [0, 0.1) is 0 Å². The summed E-state index contributed by atoms with van der Waals surface area (Å²) in [7, 11) is 0. The van der Waals surface area contributed by atoms with Crippen LogP contribution < -0.4 is 11.1 Å². The van der Waals surface area contributed by atoms with E-state index in [0.29, 0.717) is 31.8 Å². The van der Waals surface area contributed by atoms with Crippen molar-refractivity contribution >= 4 is 17.8 Å². The zero-order valence-corrected chi connectivity index (χ0v) is 14.6. The maximum atomic E-state index is 12.5. The zero-order valence-electron chi connectivity index (χ0n) is 14.6. The fraction of sp³-hybridized carbons (Fsp3) is 0.526. The van der Waals surface area contributed by atoms with E-state index in [-0.39, 0.29) is 23.9 Å². The van der Waals surface area contributed by atoms with Gasteiger partial charge in [0.15, 0.2) is 0 Å². The monoisotopic (exact) mass is 356 g/mol. The van der Waals surface area contributed by atoms with E-state index in [4.69, 9.17) is 5.73 Å². The zero-order chi connectivity index (χ0) is 18.3. The van der Waals surface area contributed by atoms with Crippen molar-refractivity contribution in [3.05, 3.63) is 35.9 Å². The van der Waals surface area contributed by atoms with E-state index in [0.717, 1.165) is 12.8 Å². The molecule has 0 aromatic heterocycles. The van der Waals surface area contributed by atoms with E-state index >= 15 is 0 Å². The third-order valence-corrected chi connectivity index (χ3v) is 5.73. The lowest BCUT2D eigenvalue weighted by atomic mass is 10.1. The molecule has 4 amide bonds. The second kappa shape index (κ2) is 6.63. The van der Waals surface area contributed by atoms with Gasteiger partial charge in [-0.15, -0.1) is 0 Å². The molecule has 3 N–H and O–H groups in total. The number of nitrogens with one attached hydrogen (secondary N) is 1. The number of benzene rings is 1. The van der Waals surface area contributed by atoms with Crippen molar-refractivity contribution in [3.63, 3.8) is 0 Å². The molecule has 7 nitrogen and oxygen atoms in total. The third kappa shape index (κ3) is 3.13. The van der Waals surface area contributed by atoms with Crippen molar-refractivity contribution in [2.75, 3.05) is 13.1 Å². The van der Waals surface area contributed by atoms with Gasteiger partial charge in [-0.3, -0.25) is 9.59 Å². The highest BCUT2D eigenvalue weighted by Crippen LogP contribution is 2.45. The molecule has 2 heterocycles. The summed E-state index contributed by atoms with van der Waals surface area (Å²) in [6.07, 6.45) is 2.71. The van der Waals surface area contributed by atoms with Crippen LogP contribution in [-0.4, -0.2) is 58.9 Å². The Bertz CT molecular complexity index is 723. The first kappa shape index (κ1) is 16.9. The summed E-state index contributed by atoms with van der Waals surface area (Å²) in [5, 5.41) is 2.95. The third-order valence-electron chi connectivity index (χ3n) is 5.73. The van der Waals surface area contributed by atoms with Crippen molar-refractivity contribution in [2.24, 2.45) is 5.73 Å². The Morgan fingerprint density at radius 1 is 1.19 bits per heavy atom. The second-order valence-corrected chi connectivity index (χ2v) is 7.47. The van der Waals surface area contributed by atoms with E-state index in [1.54, 1.807) is 0 Å². The molecule has 2 aliphatic heterocycles. The summed E-state index contributed by atoms with van der Waals surface area (Å²) in [5.74, 6) is 0.294. The predicted octanol–water partition coefficient (Wildman–Crippen LogP) is 0.803. The molecule has 7 heteroatoms. The van der Waals surface area contributed by atoms with Crippen molar-refractivity contribution < 1.29 is 14.4 Å². The van der Waals surface area contributed by atoms with Crippen LogP contribution in [0.15, 0.2) is 30.3 Å². The lowest BCUT2D eigenvalue weighted by Gasteiger charge is -2.23. The fourth-order valence-electron chi connectivity index (χ4n) is 4.33. The molecule has 1 saturated carbocycles. The van der Waals surface area contributed by atoms with E-state index in [1.807, 2.05) is 23.1 Å². The number of nitrogens with zero attached hydrogens (tertiary/aromatic N) is 2. The molecule has 0 radical (unpaired) electrons. The minimum Gasteiger partial charge on any atom is -0.351 e. The van der Waals surface area contributed by atoms with Crippen LogP contribution in [0.5, 0.6) is 0 Å². The first-order valence-corrected chi connectivity index (χ1v) is 9.25. The van der Waals surface area contributed by atoms with Crippen LogP contribution in [0.25, 0.3) is 0 Å². The minimum absolute atomic E-state index is 0.0944. The molecule has 3 fully saturated rings. The van der Waals surface area contributed by atoms with Gasteiger partial charge in [0.05, 0.1) is 6.04 Å². The van der Waals surface area contributed by atoms with Crippen LogP contribution in [0.2, 0.25) is 0 Å². The van der Waals surface area contributed by atoms with Crippen molar-refractivity contribution in [1.82, 2.24) is 15.1 Å². The molecule has 4 rings (SSSR count). The Morgan fingerprint density at radius 3 is 2.69 bits per heavy atom. The fourth-order valence-corrected chi connectivity index (χ4v) is 4.33. The van der Waals surface area contributed by atoms with Gasteiger partial charge in [-0.1, -0.05) is 30.3 Å². The quantitative estimate of drug-likeness (QED) is 0.835. The summed E-state index contributed by atoms with van der Waals surface area (Å²) in [6.45, 7) is 1.06. The van der Waals surface area contributed by atoms with Gasteiger partial charge in [-0.2, -0.15) is 0 Å². The molecular weight excluding hydrogens is 332 g/mol. The van der Waals surface area contributed by atoms with Gasteiger partial charge in [-0.05, 0) is 24.8 Å². The number of amides is 4. The van der Waals surface area contributed by atoms with Crippen LogP contribution in [-0.2, 0) is 9.59 Å². The normalized spacial score (nSPS) is 30.5. The van der Waals surface area contributed by atoms with Crippen LogP contribution >= 0.6 is 0 Å². The average Bonchev–Trinajstić information content (AvgIpc) is 3.08. The average molecular weight is 356 g/mol. The molecule has 1 aromatic carbocycles. The number of carbonyl (C=O) groups is 3. The molecule has 0 spiro atoms. The Labute approximate surface area is 152 Å². The van der Waals surface area contributed by atoms with Gasteiger partial charge in [0.25, 0.3) is 0 Å². The smallest absolute Gasteiger partial charge is 0.315 e. The van der Waals surface area contributed by atoms with Gasteiger partial charge in [0, 0.05) is 31.5 Å². The molecule has 1 aliphatic carbocycles. The van der Waals surface area contributed by atoms with Gasteiger partial charge in [-0.25, -0.2) is 4.79 Å². The summed E-state index contributed by atoms with van der Waals surface area (Å²) >= 11 is 0.